The third kappa shape index (κ3) is 5.54. The van der Waals surface area contributed by atoms with E-state index in [1.54, 1.807) is 0 Å². The fourth-order valence-corrected chi connectivity index (χ4v) is 4.60. The quantitative estimate of drug-likeness (QED) is 0.563. The van der Waals surface area contributed by atoms with Crippen molar-refractivity contribution in [1.29, 1.82) is 0 Å². The first kappa shape index (κ1) is 21.4. The molecule has 0 spiro atoms. The Morgan fingerprint density at radius 2 is 1.89 bits per heavy atom. The maximum absolute atomic E-state index is 12.9. The second kappa shape index (κ2) is 10.4. The lowest BCUT2D eigenvalue weighted by Crippen LogP contribution is -2.34. The Balaban J connectivity index is 2.29. The number of rotatable bonds is 9. The van der Waals surface area contributed by atoms with Gasteiger partial charge >= 0.3 is 0 Å². The molecule has 1 unspecified atom stereocenters. The van der Waals surface area contributed by atoms with E-state index in [0.717, 1.165) is 42.5 Å². The van der Waals surface area contributed by atoms with Crippen LogP contribution in [0.3, 0.4) is 0 Å². The zero-order valence-corrected chi connectivity index (χ0v) is 17.4. The van der Waals surface area contributed by atoms with Crippen molar-refractivity contribution in [2.75, 3.05) is 18.4 Å². The molecule has 7 heteroatoms. The molecule has 27 heavy (non-hydrogen) atoms. The van der Waals surface area contributed by atoms with Crippen LogP contribution in [0.1, 0.15) is 73.7 Å². The summed E-state index contributed by atoms with van der Waals surface area (Å²) in [4.78, 5) is 38.4. The average molecular weight is 394 g/mol. The van der Waals surface area contributed by atoms with Crippen molar-refractivity contribution in [2.45, 2.75) is 65.7 Å². The van der Waals surface area contributed by atoms with E-state index in [9.17, 15) is 14.4 Å². The first-order valence-electron chi connectivity index (χ1n) is 10.0. The molecule has 0 bridgehead atoms. The monoisotopic (exact) mass is 393 g/mol. The fourth-order valence-electron chi connectivity index (χ4n) is 3.34. The van der Waals surface area contributed by atoms with Crippen molar-refractivity contribution in [3.63, 3.8) is 0 Å². The molecule has 1 atom stereocenters. The van der Waals surface area contributed by atoms with Crippen LogP contribution in [0.25, 0.3) is 0 Å². The third-order valence-corrected chi connectivity index (χ3v) is 5.96. The molecule has 6 nitrogen and oxygen atoms in total. The van der Waals surface area contributed by atoms with Crippen LogP contribution in [0.4, 0.5) is 5.00 Å². The van der Waals surface area contributed by atoms with Crippen molar-refractivity contribution in [2.24, 2.45) is 5.92 Å². The zero-order valence-electron chi connectivity index (χ0n) is 16.6. The van der Waals surface area contributed by atoms with E-state index < -0.39 is 0 Å². The highest BCUT2D eigenvalue weighted by Gasteiger charge is 2.32. The van der Waals surface area contributed by atoms with E-state index in [-0.39, 0.29) is 23.6 Å². The molecule has 1 aliphatic carbocycles. The van der Waals surface area contributed by atoms with Crippen molar-refractivity contribution in [1.82, 2.24) is 10.6 Å². The third-order valence-electron chi connectivity index (χ3n) is 4.76. The Morgan fingerprint density at radius 1 is 1.11 bits per heavy atom. The minimum absolute atomic E-state index is 0.0447. The topological polar surface area (TPSA) is 87.3 Å². The highest BCUT2D eigenvalue weighted by Crippen LogP contribution is 2.40. The molecule has 1 aromatic rings. The van der Waals surface area contributed by atoms with Gasteiger partial charge in [0.2, 0.25) is 11.8 Å². The highest BCUT2D eigenvalue weighted by molar-refractivity contribution is 7.17. The predicted molar refractivity (Wildman–Crippen MR) is 109 cm³/mol. The van der Waals surface area contributed by atoms with Gasteiger partial charge in [0.1, 0.15) is 5.00 Å². The second-order valence-corrected chi connectivity index (χ2v) is 8.06. The minimum atomic E-state index is -0.149. The van der Waals surface area contributed by atoms with E-state index in [1.165, 1.54) is 11.3 Å². The summed E-state index contributed by atoms with van der Waals surface area (Å²) in [6.45, 7) is 7.15. The van der Waals surface area contributed by atoms with Crippen LogP contribution in [0, 0.1) is 5.92 Å². The number of aryl methyl sites for hydroxylation is 1. The SMILES string of the molecule is CCCCNC(=O)c1c(NC(=O)CCC)sc2c1CC(C(=O)NCC)CC2. The number of nitrogens with one attached hydrogen (secondary N) is 3. The summed E-state index contributed by atoms with van der Waals surface area (Å²) < 4.78 is 0. The van der Waals surface area contributed by atoms with Gasteiger partial charge in [-0.15, -0.1) is 11.3 Å². The summed E-state index contributed by atoms with van der Waals surface area (Å²) in [5.74, 6) is -0.292. The van der Waals surface area contributed by atoms with Crippen molar-refractivity contribution >= 4 is 34.1 Å². The summed E-state index contributed by atoms with van der Waals surface area (Å²) in [7, 11) is 0. The lowest BCUT2D eigenvalue weighted by Gasteiger charge is -2.22. The Labute approximate surface area is 165 Å². The molecule has 1 aliphatic rings. The Morgan fingerprint density at radius 3 is 2.56 bits per heavy atom. The highest BCUT2D eigenvalue weighted by atomic mass is 32.1. The fraction of sp³-hybridized carbons (Fsp3) is 0.650. The number of fused-ring (bicyclic) bond motifs is 1. The van der Waals surface area contributed by atoms with E-state index in [1.807, 2.05) is 13.8 Å². The van der Waals surface area contributed by atoms with Gasteiger partial charge in [-0.05, 0) is 44.6 Å². The van der Waals surface area contributed by atoms with Crippen molar-refractivity contribution in [3.05, 3.63) is 16.0 Å². The Hall–Kier alpha value is -1.89. The van der Waals surface area contributed by atoms with Crippen molar-refractivity contribution < 1.29 is 14.4 Å². The number of hydrogen-bond acceptors (Lipinski definition) is 4. The molecule has 0 fully saturated rings. The average Bonchev–Trinajstić information content (AvgIpc) is 2.99. The minimum Gasteiger partial charge on any atom is -0.356 e. The molecule has 0 saturated heterocycles. The number of hydrogen-bond donors (Lipinski definition) is 3. The van der Waals surface area contributed by atoms with E-state index in [0.29, 0.717) is 36.5 Å². The second-order valence-electron chi connectivity index (χ2n) is 6.95. The molecule has 0 aromatic carbocycles. The summed E-state index contributed by atoms with van der Waals surface area (Å²) >= 11 is 1.49. The van der Waals surface area contributed by atoms with Gasteiger partial charge in [-0.2, -0.15) is 0 Å². The normalized spacial score (nSPS) is 15.7. The number of anilines is 1. The lowest BCUT2D eigenvalue weighted by molar-refractivity contribution is -0.125. The van der Waals surface area contributed by atoms with Crippen LogP contribution < -0.4 is 16.0 Å². The van der Waals surface area contributed by atoms with E-state index in [4.69, 9.17) is 0 Å². The summed E-state index contributed by atoms with van der Waals surface area (Å²) in [6.07, 6.45) is 5.20. The Kier molecular flexibility index (Phi) is 8.28. The van der Waals surface area contributed by atoms with Gasteiger partial charge < -0.3 is 16.0 Å². The number of carbonyl (C=O) groups excluding carboxylic acids is 3. The summed E-state index contributed by atoms with van der Waals surface area (Å²) in [5.41, 5.74) is 1.49. The molecule has 0 aliphatic heterocycles. The van der Waals surface area contributed by atoms with E-state index in [2.05, 4.69) is 22.9 Å². The molecule has 1 heterocycles. The van der Waals surface area contributed by atoms with Gasteiger partial charge in [0.05, 0.1) is 5.56 Å². The molecule has 0 radical (unpaired) electrons. The first-order chi connectivity index (χ1) is 13.0. The van der Waals surface area contributed by atoms with Gasteiger partial charge in [-0.25, -0.2) is 0 Å². The smallest absolute Gasteiger partial charge is 0.254 e. The molecular formula is C20H31N3O3S. The number of amides is 3. The van der Waals surface area contributed by atoms with Crippen LogP contribution in [0.15, 0.2) is 0 Å². The van der Waals surface area contributed by atoms with Crippen LogP contribution in [0.5, 0.6) is 0 Å². The maximum Gasteiger partial charge on any atom is 0.254 e. The van der Waals surface area contributed by atoms with Crippen molar-refractivity contribution in [3.8, 4) is 0 Å². The molecule has 3 N–H and O–H groups in total. The summed E-state index contributed by atoms with van der Waals surface area (Å²) in [5, 5.41) is 9.41. The van der Waals surface area contributed by atoms with E-state index >= 15 is 0 Å². The molecular weight excluding hydrogens is 362 g/mol. The largest absolute Gasteiger partial charge is 0.356 e. The van der Waals surface area contributed by atoms with Gasteiger partial charge in [0.15, 0.2) is 0 Å². The molecule has 1 aromatic heterocycles. The maximum atomic E-state index is 12.9. The summed E-state index contributed by atoms with van der Waals surface area (Å²) in [6, 6.07) is 0. The molecule has 150 valence electrons. The van der Waals surface area contributed by atoms with Gasteiger partial charge in [-0.3, -0.25) is 14.4 Å². The van der Waals surface area contributed by atoms with Crippen LogP contribution in [-0.4, -0.2) is 30.8 Å². The zero-order chi connectivity index (χ0) is 19.8. The van der Waals surface area contributed by atoms with Crippen LogP contribution in [-0.2, 0) is 22.4 Å². The molecule has 0 saturated carbocycles. The predicted octanol–water partition coefficient (Wildman–Crippen LogP) is 3.26. The van der Waals surface area contributed by atoms with Crippen LogP contribution >= 0.6 is 11.3 Å². The Bertz CT molecular complexity index is 684. The standard InChI is InChI=1S/C20H31N3O3S/c1-4-7-11-22-19(26)17-14-12-13(18(25)21-6-3)9-10-15(14)27-20(17)23-16(24)8-5-2/h13H,4-12H2,1-3H3,(H,21,25)(H,22,26)(H,23,24). The van der Waals surface area contributed by atoms with Gasteiger partial charge in [0.25, 0.3) is 5.91 Å². The number of unbranched alkanes of at least 4 members (excludes halogenated alkanes) is 1. The molecule has 3 amide bonds. The lowest BCUT2D eigenvalue weighted by atomic mass is 9.85. The number of thiophene rings is 1. The van der Waals surface area contributed by atoms with Gasteiger partial charge in [0, 0.05) is 30.3 Å². The molecule has 2 rings (SSSR count). The number of carbonyl (C=O) groups is 3. The van der Waals surface area contributed by atoms with Gasteiger partial charge in [-0.1, -0.05) is 20.3 Å². The van der Waals surface area contributed by atoms with Crippen LogP contribution in [0.2, 0.25) is 0 Å². The first-order valence-corrected chi connectivity index (χ1v) is 10.8.